The van der Waals surface area contributed by atoms with Gasteiger partial charge in [0.15, 0.2) is 11.0 Å². The van der Waals surface area contributed by atoms with Crippen LogP contribution >= 0.6 is 39.3 Å². The van der Waals surface area contributed by atoms with E-state index in [1.165, 1.54) is 11.8 Å². The van der Waals surface area contributed by atoms with E-state index in [4.69, 9.17) is 20.8 Å². The van der Waals surface area contributed by atoms with Crippen molar-refractivity contribution in [2.45, 2.75) is 17.5 Å². The summed E-state index contributed by atoms with van der Waals surface area (Å²) < 4.78 is 14.3. The van der Waals surface area contributed by atoms with E-state index in [0.717, 1.165) is 15.2 Å². The third-order valence-corrected chi connectivity index (χ3v) is 6.02. The van der Waals surface area contributed by atoms with Gasteiger partial charge in [-0.15, -0.1) is 20.4 Å². The molecule has 148 valence electrons. The molecule has 2 aromatic carbocycles. The fraction of sp³-hybridized carbons (Fsp3) is 0.158. The van der Waals surface area contributed by atoms with Gasteiger partial charge in [-0.05, 0) is 40.2 Å². The largest absolute Gasteiger partial charge is 0.484 e. The Bertz CT molecular complexity index is 1130. The van der Waals surface area contributed by atoms with Crippen LogP contribution in [0.5, 0.6) is 5.75 Å². The zero-order valence-corrected chi connectivity index (χ0v) is 18.4. The van der Waals surface area contributed by atoms with Crippen molar-refractivity contribution in [3.8, 4) is 17.2 Å². The maximum atomic E-state index is 6.11. The van der Waals surface area contributed by atoms with Gasteiger partial charge in [0.2, 0.25) is 11.8 Å². The molecule has 0 aliphatic rings. The van der Waals surface area contributed by atoms with E-state index in [1.54, 1.807) is 6.07 Å². The van der Waals surface area contributed by atoms with E-state index in [9.17, 15) is 0 Å². The van der Waals surface area contributed by atoms with Gasteiger partial charge in [0, 0.05) is 11.5 Å². The number of ether oxygens (including phenoxy) is 1. The average molecular weight is 493 g/mol. The summed E-state index contributed by atoms with van der Waals surface area (Å²) >= 11 is 11.1. The van der Waals surface area contributed by atoms with Gasteiger partial charge in [0.05, 0.1) is 16.3 Å². The van der Waals surface area contributed by atoms with Gasteiger partial charge < -0.3 is 13.7 Å². The van der Waals surface area contributed by atoms with Gasteiger partial charge in [0.25, 0.3) is 0 Å². The summed E-state index contributed by atoms with van der Waals surface area (Å²) in [6, 6.07) is 15.0. The second-order valence-electron chi connectivity index (χ2n) is 5.95. The predicted octanol–water partition coefficient (Wildman–Crippen LogP) is 5.15. The molecular formula is C19H15BrClN5O2S. The Labute approximate surface area is 184 Å². The monoisotopic (exact) mass is 491 g/mol. The Kier molecular flexibility index (Phi) is 6.17. The number of nitrogens with zero attached hydrogens (tertiary/aromatic N) is 5. The molecule has 0 aliphatic heterocycles. The quantitative estimate of drug-likeness (QED) is 0.330. The molecule has 0 fully saturated rings. The Morgan fingerprint density at radius 3 is 2.69 bits per heavy atom. The van der Waals surface area contributed by atoms with Crippen LogP contribution in [-0.2, 0) is 19.4 Å². The first-order chi connectivity index (χ1) is 14.1. The number of thioether (sulfide) groups is 1. The lowest BCUT2D eigenvalue weighted by molar-refractivity contribution is 0.290. The minimum absolute atomic E-state index is 0.264. The lowest BCUT2D eigenvalue weighted by Crippen LogP contribution is -2.04. The summed E-state index contributed by atoms with van der Waals surface area (Å²) in [5, 5.41) is 17.9. The number of hydrogen-bond acceptors (Lipinski definition) is 7. The molecule has 2 aromatic heterocycles. The molecule has 0 atom stereocenters. The van der Waals surface area contributed by atoms with Crippen molar-refractivity contribution in [1.82, 2.24) is 25.0 Å². The molecular weight excluding hydrogens is 478 g/mol. The summed E-state index contributed by atoms with van der Waals surface area (Å²) in [5.41, 5.74) is 0.855. The fourth-order valence-corrected chi connectivity index (χ4v) is 3.89. The third-order valence-electron chi connectivity index (χ3n) is 4.01. The third kappa shape index (κ3) is 4.63. The molecule has 0 aliphatic carbocycles. The van der Waals surface area contributed by atoms with Crippen LogP contribution in [0.25, 0.3) is 11.5 Å². The molecule has 7 nitrogen and oxygen atoms in total. The van der Waals surface area contributed by atoms with Crippen LogP contribution in [-0.4, -0.2) is 25.0 Å². The summed E-state index contributed by atoms with van der Waals surface area (Å²) in [4.78, 5) is 0. The number of hydrogen-bond donors (Lipinski definition) is 0. The van der Waals surface area contributed by atoms with E-state index in [1.807, 2.05) is 54.1 Å². The zero-order chi connectivity index (χ0) is 20.2. The second kappa shape index (κ2) is 8.98. The van der Waals surface area contributed by atoms with Gasteiger partial charge in [0.1, 0.15) is 12.4 Å². The molecule has 0 unspecified atom stereocenters. The average Bonchev–Trinajstić information content (AvgIpc) is 3.33. The summed E-state index contributed by atoms with van der Waals surface area (Å²) in [5.74, 6) is 2.76. The van der Waals surface area contributed by atoms with Crippen molar-refractivity contribution in [3.63, 3.8) is 0 Å². The topological polar surface area (TPSA) is 78.9 Å². The van der Waals surface area contributed by atoms with E-state index < -0.39 is 0 Å². The highest BCUT2D eigenvalue weighted by Crippen LogP contribution is 2.29. The highest BCUT2D eigenvalue weighted by molar-refractivity contribution is 9.10. The van der Waals surface area contributed by atoms with Gasteiger partial charge in [-0.2, -0.15) is 0 Å². The summed E-state index contributed by atoms with van der Waals surface area (Å²) in [6.07, 6.45) is 0. The molecule has 2 heterocycles. The molecule has 0 saturated heterocycles. The van der Waals surface area contributed by atoms with Crippen molar-refractivity contribution in [2.75, 3.05) is 0 Å². The highest BCUT2D eigenvalue weighted by Gasteiger charge is 2.15. The first-order valence-electron chi connectivity index (χ1n) is 8.57. The lowest BCUT2D eigenvalue weighted by Gasteiger charge is -2.07. The van der Waals surface area contributed by atoms with Crippen molar-refractivity contribution in [2.24, 2.45) is 7.05 Å². The molecule has 10 heteroatoms. The van der Waals surface area contributed by atoms with Gasteiger partial charge in [-0.25, -0.2) is 0 Å². The van der Waals surface area contributed by atoms with Crippen LogP contribution in [0.1, 0.15) is 11.7 Å². The predicted molar refractivity (Wildman–Crippen MR) is 114 cm³/mol. The molecule has 4 aromatic rings. The molecule has 0 bridgehead atoms. The lowest BCUT2D eigenvalue weighted by atomic mass is 10.2. The maximum Gasteiger partial charge on any atom is 0.248 e. The van der Waals surface area contributed by atoms with E-state index >= 15 is 0 Å². The Morgan fingerprint density at radius 2 is 1.86 bits per heavy atom. The molecule has 0 amide bonds. The summed E-state index contributed by atoms with van der Waals surface area (Å²) in [6.45, 7) is 0.264. The van der Waals surface area contributed by atoms with Gasteiger partial charge in [-0.1, -0.05) is 47.6 Å². The van der Waals surface area contributed by atoms with Crippen LogP contribution in [0.4, 0.5) is 0 Å². The van der Waals surface area contributed by atoms with E-state index in [2.05, 4.69) is 36.3 Å². The van der Waals surface area contributed by atoms with Crippen molar-refractivity contribution < 1.29 is 9.15 Å². The standard InChI is InChI=1S/C19H15BrClN5O2S/c1-26-16(10-27-15-9-5-4-8-14(15)21)22-25-19(26)29-11-17-23-24-18(28-17)12-6-2-3-7-13(12)20/h2-9H,10-11H2,1H3. The Morgan fingerprint density at radius 1 is 1.07 bits per heavy atom. The molecule has 4 rings (SSSR count). The smallest absolute Gasteiger partial charge is 0.248 e. The number of aromatic nitrogens is 5. The zero-order valence-electron chi connectivity index (χ0n) is 15.2. The van der Waals surface area contributed by atoms with Crippen LogP contribution in [0.2, 0.25) is 5.02 Å². The minimum atomic E-state index is 0.264. The molecule has 0 radical (unpaired) electrons. The first kappa shape index (κ1) is 19.9. The molecule has 0 saturated carbocycles. The maximum absolute atomic E-state index is 6.11. The summed E-state index contributed by atoms with van der Waals surface area (Å²) in [7, 11) is 1.88. The Balaban J connectivity index is 1.39. The minimum Gasteiger partial charge on any atom is -0.484 e. The first-order valence-corrected chi connectivity index (χ1v) is 10.7. The Hall–Kier alpha value is -2.36. The highest BCUT2D eigenvalue weighted by atomic mass is 79.9. The van der Waals surface area contributed by atoms with Crippen molar-refractivity contribution in [3.05, 3.63) is 69.7 Å². The molecule has 0 spiro atoms. The second-order valence-corrected chi connectivity index (χ2v) is 8.15. The van der Waals surface area contributed by atoms with Crippen LogP contribution in [0.3, 0.4) is 0 Å². The van der Waals surface area contributed by atoms with Crippen LogP contribution in [0.15, 0.2) is 62.6 Å². The van der Waals surface area contributed by atoms with Gasteiger partial charge >= 0.3 is 0 Å². The number of benzene rings is 2. The van der Waals surface area contributed by atoms with E-state index in [-0.39, 0.29) is 6.61 Å². The number of halogens is 2. The normalized spacial score (nSPS) is 11.0. The molecule has 0 N–H and O–H groups in total. The van der Waals surface area contributed by atoms with Crippen molar-refractivity contribution in [1.29, 1.82) is 0 Å². The van der Waals surface area contributed by atoms with Crippen molar-refractivity contribution >= 4 is 39.3 Å². The fourth-order valence-electron chi connectivity index (χ4n) is 2.48. The van der Waals surface area contributed by atoms with Crippen LogP contribution < -0.4 is 4.74 Å². The van der Waals surface area contributed by atoms with Gasteiger partial charge in [-0.3, -0.25) is 0 Å². The van der Waals surface area contributed by atoms with Crippen LogP contribution in [0, 0.1) is 0 Å². The molecule has 29 heavy (non-hydrogen) atoms. The SMILES string of the molecule is Cn1c(COc2ccccc2Cl)nnc1SCc1nnc(-c2ccccc2Br)o1. The number of para-hydroxylation sites is 1. The van der Waals surface area contributed by atoms with E-state index in [0.29, 0.717) is 34.1 Å². The number of rotatable bonds is 7.